The highest BCUT2D eigenvalue weighted by Gasteiger charge is 2.26. The summed E-state index contributed by atoms with van der Waals surface area (Å²) in [4.78, 5) is 31.1. The third-order valence-corrected chi connectivity index (χ3v) is 5.81. The predicted octanol–water partition coefficient (Wildman–Crippen LogP) is 2.92. The van der Waals surface area contributed by atoms with Crippen molar-refractivity contribution in [3.63, 3.8) is 0 Å². The van der Waals surface area contributed by atoms with Crippen molar-refractivity contribution in [3.8, 4) is 5.75 Å². The SMILES string of the molecule is Cc1cccc(N2CCN(C(=O)C(=O)Nc3ccc(OCCCN(C)C)cc3)CC2)c1C. The predicted molar refractivity (Wildman–Crippen MR) is 128 cm³/mol. The van der Waals surface area contributed by atoms with Crippen LogP contribution in [0.1, 0.15) is 17.5 Å². The maximum atomic E-state index is 12.6. The Balaban J connectivity index is 1.47. The number of ether oxygens (including phenoxy) is 1. The molecular formula is C25H34N4O3. The number of nitrogens with one attached hydrogen (secondary N) is 1. The van der Waals surface area contributed by atoms with Gasteiger partial charge in [0.25, 0.3) is 0 Å². The highest BCUT2D eigenvalue weighted by atomic mass is 16.5. The van der Waals surface area contributed by atoms with Crippen LogP contribution in [0.2, 0.25) is 0 Å². The van der Waals surface area contributed by atoms with Crippen LogP contribution >= 0.6 is 0 Å². The van der Waals surface area contributed by atoms with Gasteiger partial charge in [-0.2, -0.15) is 0 Å². The van der Waals surface area contributed by atoms with Crippen LogP contribution in [-0.2, 0) is 9.59 Å². The first-order chi connectivity index (χ1) is 15.3. The molecule has 0 aromatic heterocycles. The average Bonchev–Trinajstić information content (AvgIpc) is 2.79. The van der Waals surface area contributed by atoms with E-state index >= 15 is 0 Å². The van der Waals surface area contributed by atoms with E-state index in [9.17, 15) is 9.59 Å². The molecule has 7 heteroatoms. The molecule has 1 aliphatic rings. The Morgan fingerprint density at radius 3 is 2.34 bits per heavy atom. The van der Waals surface area contributed by atoms with Gasteiger partial charge in [-0.25, -0.2) is 0 Å². The van der Waals surface area contributed by atoms with Gasteiger partial charge in [-0.05, 0) is 75.8 Å². The summed E-state index contributed by atoms with van der Waals surface area (Å²) in [5.41, 5.74) is 4.30. The Kier molecular flexibility index (Phi) is 8.11. The van der Waals surface area contributed by atoms with Crippen molar-refractivity contribution < 1.29 is 14.3 Å². The van der Waals surface area contributed by atoms with Gasteiger partial charge in [0.05, 0.1) is 6.61 Å². The normalized spacial score (nSPS) is 13.9. The van der Waals surface area contributed by atoms with E-state index in [0.717, 1.165) is 18.7 Å². The van der Waals surface area contributed by atoms with Crippen molar-refractivity contribution in [1.82, 2.24) is 9.80 Å². The molecule has 1 fully saturated rings. The van der Waals surface area contributed by atoms with Gasteiger partial charge in [0.1, 0.15) is 5.75 Å². The number of rotatable bonds is 7. The molecule has 1 N–H and O–H groups in total. The van der Waals surface area contributed by atoms with Crippen molar-refractivity contribution in [2.45, 2.75) is 20.3 Å². The van der Waals surface area contributed by atoms with Crippen LogP contribution < -0.4 is 15.0 Å². The fourth-order valence-electron chi connectivity index (χ4n) is 3.76. The molecule has 0 aliphatic carbocycles. The minimum Gasteiger partial charge on any atom is -0.494 e. The van der Waals surface area contributed by atoms with Gasteiger partial charge in [0.2, 0.25) is 0 Å². The van der Waals surface area contributed by atoms with Gasteiger partial charge in [-0.1, -0.05) is 12.1 Å². The van der Waals surface area contributed by atoms with Crippen LogP contribution in [0.25, 0.3) is 0 Å². The molecule has 7 nitrogen and oxygen atoms in total. The number of benzene rings is 2. The van der Waals surface area contributed by atoms with E-state index in [0.29, 0.717) is 38.5 Å². The van der Waals surface area contributed by atoms with E-state index in [1.165, 1.54) is 16.8 Å². The Hall–Kier alpha value is -3.06. The lowest BCUT2D eigenvalue weighted by molar-refractivity contribution is -0.143. The van der Waals surface area contributed by atoms with Crippen molar-refractivity contribution >= 4 is 23.2 Å². The third kappa shape index (κ3) is 6.23. The molecule has 0 radical (unpaired) electrons. The van der Waals surface area contributed by atoms with Gasteiger partial charge in [-0.15, -0.1) is 0 Å². The van der Waals surface area contributed by atoms with Gasteiger partial charge in [-0.3, -0.25) is 9.59 Å². The second-order valence-electron chi connectivity index (χ2n) is 8.48. The summed E-state index contributed by atoms with van der Waals surface area (Å²) in [6.07, 6.45) is 0.941. The molecule has 1 saturated heterocycles. The summed E-state index contributed by atoms with van der Waals surface area (Å²) >= 11 is 0. The number of carbonyl (C=O) groups is 2. The molecule has 1 heterocycles. The van der Waals surface area contributed by atoms with E-state index in [2.05, 4.69) is 47.2 Å². The molecule has 0 spiro atoms. The number of amides is 2. The van der Waals surface area contributed by atoms with Crippen molar-refractivity contribution in [1.29, 1.82) is 0 Å². The molecule has 2 amide bonds. The van der Waals surface area contributed by atoms with Crippen LogP contribution in [0.4, 0.5) is 11.4 Å². The van der Waals surface area contributed by atoms with Crippen LogP contribution in [-0.4, -0.2) is 75.0 Å². The largest absolute Gasteiger partial charge is 0.494 e. The van der Waals surface area contributed by atoms with Gasteiger partial charge in [0, 0.05) is 44.1 Å². The molecule has 3 rings (SSSR count). The Labute approximate surface area is 190 Å². The minimum atomic E-state index is -0.607. The van der Waals surface area contributed by atoms with Gasteiger partial charge < -0.3 is 24.8 Å². The number of nitrogens with zero attached hydrogens (tertiary/aromatic N) is 3. The van der Waals surface area contributed by atoms with E-state index in [-0.39, 0.29) is 0 Å². The Morgan fingerprint density at radius 1 is 1.00 bits per heavy atom. The van der Waals surface area contributed by atoms with Gasteiger partial charge >= 0.3 is 11.8 Å². The molecule has 172 valence electrons. The fraction of sp³-hybridized carbons (Fsp3) is 0.440. The number of hydrogen-bond donors (Lipinski definition) is 1. The lowest BCUT2D eigenvalue weighted by Gasteiger charge is -2.36. The van der Waals surface area contributed by atoms with Crippen molar-refractivity contribution in [2.75, 3.05) is 63.6 Å². The van der Waals surface area contributed by atoms with Crippen LogP contribution in [0.5, 0.6) is 5.75 Å². The molecule has 0 saturated carbocycles. The zero-order valence-electron chi connectivity index (χ0n) is 19.6. The van der Waals surface area contributed by atoms with E-state index < -0.39 is 11.8 Å². The zero-order chi connectivity index (χ0) is 23.1. The van der Waals surface area contributed by atoms with Crippen LogP contribution in [0.15, 0.2) is 42.5 Å². The lowest BCUT2D eigenvalue weighted by atomic mass is 10.1. The first-order valence-electron chi connectivity index (χ1n) is 11.1. The van der Waals surface area contributed by atoms with Crippen LogP contribution in [0, 0.1) is 13.8 Å². The van der Waals surface area contributed by atoms with Crippen LogP contribution in [0.3, 0.4) is 0 Å². The number of anilines is 2. The van der Waals surface area contributed by atoms with E-state index in [4.69, 9.17) is 4.74 Å². The lowest BCUT2D eigenvalue weighted by Crippen LogP contribution is -2.51. The topological polar surface area (TPSA) is 65.1 Å². The summed E-state index contributed by atoms with van der Waals surface area (Å²) in [6.45, 7) is 8.30. The maximum Gasteiger partial charge on any atom is 0.313 e. The average molecular weight is 439 g/mol. The van der Waals surface area contributed by atoms with Crippen molar-refractivity contribution in [3.05, 3.63) is 53.6 Å². The summed E-state index contributed by atoms with van der Waals surface area (Å²) < 4.78 is 5.70. The molecule has 0 bridgehead atoms. The summed E-state index contributed by atoms with van der Waals surface area (Å²) in [5.74, 6) is -0.352. The molecular weight excluding hydrogens is 404 g/mol. The Morgan fingerprint density at radius 2 is 1.69 bits per heavy atom. The molecule has 0 atom stereocenters. The first kappa shape index (κ1) is 23.6. The number of piperazine rings is 1. The maximum absolute atomic E-state index is 12.6. The second kappa shape index (κ2) is 11.0. The van der Waals surface area contributed by atoms with Gasteiger partial charge in [0.15, 0.2) is 0 Å². The molecule has 32 heavy (non-hydrogen) atoms. The highest BCUT2D eigenvalue weighted by molar-refractivity contribution is 6.39. The third-order valence-electron chi connectivity index (χ3n) is 5.81. The molecule has 0 unspecified atom stereocenters. The summed E-state index contributed by atoms with van der Waals surface area (Å²) in [6, 6.07) is 13.4. The number of aryl methyl sites for hydroxylation is 1. The molecule has 2 aromatic rings. The zero-order valence-corrected chi connectivity index (χ0v) is 19.6. The molecule has 1 aliphatic heterocycles. The monoisotopic (exact) mass is 438 g/mol. The Bertz CT molecular complexity index is 919. The van der Waals surface area contributed by atoms with Crippen molar-refractivity contribution in [2.24, 2.45) is 0 Å². The van der Waals surface area contributed by atoms with E-state index in [1.54, 1.807) is 29.2 Å². The minimum absolute atomic E-state index is 0.491. The second-order valence-corrected chi connectivity index (χ2v) is 8.48. The smallest absolute Gasteiger partial charge is 0.313 e. The number of hydrogen-bond acceptors (Lipinski definition) is 5. The standard InChI is InChI=1S/C25H34N4O3/c1-19-7-5-8-23(20(19)2)28-14-16-29(17-15-28)25(31)24(30)26-21-9-11-22(12-10-21)32-18-6-13-27(3)4/h5,7-12H,6,13-18H2,1-4H3,(H,26,30). The van der Waals surface area contributed by atoms with E-state index in [1.807, 2.05) is 14.1 Å². The summed E-state index contributed by atoms with van der Waals surface area (Å²) in [7, 11) is 4.06. The first-order valence-corrected chi connectivity index (χ1v) is 11.1. The summed E-state index contributed by atoms with van der Waals surface area (Å²) in [5, 5.41) is 2.70. The fourth-order valence-corrected chi connectivity index (χ4v) is 3.76. The number of carbonyl (C=O) groups excluding carboxylic acids is 2. The molecule has 2 aromatic carbocycles. The quantitative estimate of drug-likeness (QED) is 0.532. The highest BCUT2D eigenvalue weighted by Crippen LogP contribution is 2.24.